The molecule has 0 unspecified atom stereocenters. The molecule has 0 aliphatic carbocycles. The molecule has 0 radical (unpaired) electrons. The summed E-state index contributed by atoms with van der Waals surface area (Å²) in [6, 6.07) is 0. The third-order valence-electron chi connectivity index (χ3n) is 0.321. The molecular formula is C4H8INO. The number of carbonyl (C=O) groups excluding carboxylic acids is 1. The van der Waals surface area contributed by atoms with E-state index in [2.05, 4.69) is 9.03 Å². The van der Waals surface area contributed by atoms with Gasteiger partial charge >= 0.3 is 0 Å². The van der Waals surface area contributed by atoms with Gasteiger partial charge in [-0.05, 0) is 0 Å². The van der Waals surface area contributed by atoms with Crippen LogP contribution in [0, 0.1) is 0 Å². The summed E-state index contributed by atoms with van der Waals surface area (Å²) in [7, 11) is 0. The van der Waals surface area contributed by atoms with Gasteiger partial charge in [-0.25, -0.2) is 0 Å². The Morgan fingerprint density at radius 1 is 1.71 bits per heavy atom. The fourth-order valence-electron chi connectivity index (χ4n) is 0.186. The van der Waals surface area contributed by atoms with Crippen molar-refractivity contribution in [2.75, 3.05) is 4.43 Å². The minimum atomic E-state index is -1.34. The summed E-state index contributed by atoms with van der Waals surface area (Å²) in [5, 5.41) is 0. The van der Waals surface area contributed by atoms with E-state index < -0.39 is 18.9 Å². The fraction of sp³-hybridized carbons (Fsp3) is 0.250. The molecule has 2 N–H and O–H groups in total. The number of nitrogens with two attached hydrogens (primary N) is 1. The van der Waals surface area contributed by atoms with Crippen molar-refractivity contribution in [1.82, 2.24) is 0 Å². The Bertz CT molecular complexity index is 129. The molecule has 0 atom stereocenters. The monoisotopic (exact) mass is 213 g/mol. The molecule has 1 amide bonds. The van der Waals surface area contributed by atoms with Gasteiger partial charge in [0.15, 0.2) is 0 Å². The summed E-state index contributed by atoms with van der Waals surface area (Å²) in [5.74, 6) is -0.268. The SMILES string of the molecule is C=I(=C)CC(N)=O. The molecule has 3 heteroatoms. The number of rotatable bonds is 2. The van der Waals surface area contributed by atoms with E-state index in [-0.39, 0.29) is 5.91 Å². The molecule has 0 aromatic heterocycles. The van der Waals surface area contributed by atoms with E-state index in [0.717, 1.165) is 0 Å². The molecule has 7 heavy (non-hydrogen) atoms. The summed E-state index contributed by atoms with van der Waals surface area (Å²) >= 11 is -1.34. The predicted octanol–water partition coefficient (Wildman–Crippen LogP) is -0.158. The van der Waals surface area contributed by atoms with Crippen LogP contribution in [0.15, 0.2) is 0 Å². The quantitative estimate of drug-likeness (QED) is 0.502. The highest BCUT2D eigenvalue weighted by Crippen LogP contribution is 1.97. The Labute approximate surface area is 49.1 Å². The fourth-order valence-corrected chi connectivity index (χ4v) is 1.25. The predicted molar refractivity (Wildman–Crippen MR) is 42.3 cm³/mol. The Morgan fingerprint density at radius 2 is 2.14 bits per heavy atom. The molecule has 0 saturated carbocycles. The van der Waals surface area contributed by atoms with Gasteiger partial charge in [-0.2, -0.15) is 18.9 Å². The van der Waals surface area contributed by atoms with E-state index >= 15 is 0 Å². The van der Waals surface area contributed by atoms with Crippen molar-refractivity contribution in [3.05, 3.63) is 0 Å². The zero-order valence-corrected chi connectivity index (χ0v) is 6.14. The summed E-state index contributed by atoms with van der Waals surface area (Å²) < 4.78 is 7.68. The smallest absolute Gasteiger partial charge is 0.226 e. The molecule has 0 saturated heterocycles. The van der Waals surface area contributed by atoms with Gasteiger partial charge in [0.2, 0.25) is 5.91 Å². The first kappa shape index (κ1) is 6.94. The first-order valence-electron chi connectivity index (χ1n) is 1.65. The lowest BCUT2D eigenvalue weighted by atomic mass is 10.8. The molecule has 0 aromatic rings. The lowest BCUT2D eigenvalue weighted by Crippen LogP contribution is -2.11. The average Bonchev–Trinajstić information content (AvgIpc) is 1.27. The van der Waals surface area contributed by atoms with Gasteiger partial charge < -0.3 is 5.73 Å². The van der Waals surface area contributed by atoms with Crippen molar-refractivity contribution in [1.29, 1.82) is 0 Å². The highest BCUT2D eigenvalue weighted by atomic mass is 127. The van der Waals surface area contributed by atoms with Crippen LogP contribution in [0.3, 0.4) is 0 Å². The zero-order valence-electron chi connectivity index (χ0n) is 3.98. The van der Waals surface area contributed by atoms with E-state index in [1.54, 1.807) is 0 Å². The minimum absolute atomic E-state index is 0.268. The third kappa shape index (κ3) is 5.94. The number of primary amides is 1. The van der Waals surface area contributed by atoms with Gasteiger partial charge in [-0.3, -0.25) is 4.79 Å². The Kier molecular flexibility index (Phi) is 2.98. The van der Waals surface area contributed by atoms with Crippen LogP contribution in [0.5, 0.6) is 0 Å². The minimum Gasteiger partial charge on any atom is -0.369 e. The summed E-state index contributed by atoms with van der Waals surface area (Å²) in [6.45, 7) is 0. The summed E-state index contributed by atoms with van der Waals surface area (Å²) in [4.78, 5) is 9.99. The largest absolute Gasteiger partial charge is 0.369 e. The lowest BCUT2D eigenvalue weighted by Gasteiger charge is -1.82. The van der Waals surface area contributed by atoms with Crippen molar-refractivity contribution in [3.8, 4) is 0 Å². The first-order valence-corrected chi connectivity index (χ1v) is 6.22. The molecular weight excluding hydrogens is 205 g/mol. The summed E-state index contributed by atoms with van der Waals surface area (Å²) in [6.07, 6.45) is 0. The van der Waals surface area contributed by atoms with Crippen molar-refractivity contribution < 1.29 is 4.79 Å². The van der Waals surface area contributed by atoms with E-state index in [1.165, 1.54) is 0 Å². The second-order valence-corrected chi connectivity index (χ2v) is 5.17. The second-order valence-electron chi connectivity index (χ2n) is 1.17. The Morgan fingerprint density at radius 3 is 2.14 bits per heavy atom. The van der Waals surface area contributed by atoms with E-state index in [9.17, 15) is 4.79 Å². The molecule has 0 aliphatic rings. The van der Waals surface area contributed by atoms with Gasteiger partial charge in [0, 0.05) is 0 Å². The number of amides is 1. The van der Waals surface area contributed by atoms with E-state index in [0.29, 0.717) is 4.43 Å². The van der Waals surface area contributed by atoms with Gasteiger partial charge in [0.1, 0.15) is 0 Å². The van der Waals surface area contributed by atoms with E-state index in [4.69, 9.17) is 5.73 Å². The highest BCUT2D eigenvalue weighted by molar-refractivity contribution is 14.2. The van der Waals surface area contributed by atoms with Crippen molar-refractivity contribution in [2.24, 2.45) is 5.73 Å². The van der Waals surface area contributed by atoms with Crippen LogP contribution in [0.1, 0.15) is 0 Å². The summed E-state index contributed by atoms with van der Waals surface area (Å²) in [5.41, 5.74) is 4.81. The van der Waals surface area contributed by atoms with Crippen molar-refractivity contribution in [2.45, 2.75) is 0 Å². The van der Waals surface area contributed by atoms with Crippen LogP contribution in [-0.2, 0) is 4.79 Å². The maximum atomic E-state index is 9.99. The number of alkyl halides is 1. The van der Waals surface area contributed by atoms with Crippen LogP contribution in [0.25, 0.3) is 0 Å². The molecule has 0 heterocycles. The van der Waals surface area contributed by atoms with Gasteiger partial charge in [-0.15, -0.1) is 0 Å². The first-order chi connectivity index (χ1) is 3.13. The topological polar surface area (TPSA) is 43.1 Å². The maximum absolute atomic E-state index is 9.99. The second kappa shape index (κ2) is 3.01. The Hall–Kier alpha value is -0.0600. The molecule has 0 spiro atoms. The molecule has 0 rings (SSSR count). The molecule has 0 aromatic carbocycles. The highest BCUT2D eigenvalue weighted by Gasteiger charge is 1.84. The molecule has 2 nitrogen and oxygen atoms in total. The van der Waals surface area contributed by atoms with Gasteiger partial charge in [0.25, 0.3) is 0 Å². The van der Waals surface area contributed by atoms with Crippen LogP contribution in [0.2, 0.25) is 0 Å². The van der Waals surface area contributed by atoms with Gasteiger partial charge in [-0.1, -0.05) is 9.03 Å². The number of carbonyl (C=O) groups is 1. The molecule has 0 aliphatic heterocycles. The maximum Gasteiger partial charge on any atom is 0.226 e. The number of hydrogen-bond acceptors (Lipinski definition) is 1. The lowest BCUT2D eigenvalue weighted by molar-refractivity contribution is -0.115. The Balaban J connectivity index is 3.53. The number of halogens is 1. The van der Waals surface area contributed by atoms with Crippen LogP contribution < -0.4 is 5.73 Å². The molecule has 0 fully saturated rings. The van der Waals surface area contributed by atoms with Crippen LogP contribution in [0.4, 0.5) is 0 Å². The average molecular weight is 213 g/mol. The third-order valence-corrected chi connectivity index (χ3v) is 2.15. The molecule has 0 bridgehead atoms. The number of hydrogen-bond donors (Lipinski definition) is 1. The normalized spacial score (nSPS) is 9.29. The standard InChI is InChI=1S/C4H8INO/c1-5(2)3-4(6)7/h1-3H2,(H2,6,7). The van der Waals surface area contributed by atoms with Crippen molar-refractivity contribution in [3.63, 3.8) is 0 Å². The van der Waals surface area contributed by atoms with E-state index in [1.807, 2.05) is 0 Å². The van der Waals surface area contributed by atoms with Crippen molar-refractivity contribution >= 4 is 33.8 Å². The zero-order chi connectivity index (χ0) is 5.86. The van der Waals surface area contributed by atoms with Gasteiger partial charge in [0.05, 0.1) is 4.43 Å². The molecule has 42 valence electrons. The van der Waals surface area contributed by atoms with Crippen LogP contribution in [-0.4, -0.2) is 19.4 Å². The van der Waals surface area contributed by atoms with Crippen LogP contribution >= 0.6 is 18.9 Å².